The predicted molar refractivity (Wildman–Crippen MR) is 62.0 cm³/mol. The van der Waals surface area contributed by atoms with Gasteiger partial charge in [0.05, 0.1) is 12.5 Å². The van der Waals surface area contributed by atoms with Crippen molar-refractivity contribution in [3.05, 3.63) is 0 Å². The summed E-state index contributed by atoms with van der Waals surface area (Å²) in [5, 5.41) is 0. The molecule has 0 spiro atoms. The highest BCUT2D eigenvalue weighted by Gasteiger charge is 2.26. The summed E-state index contributed by atoms with van der Waals surface area (Å²) in [5.41, 5.74) is 0. The number of hydrogen-bond donors (Lipinski definition) is 0. The smallest absolute Gasteiger partial charge is 0.308 e. The number of carbonyl (C=O) groups excluding carboxylic acids is 2. The zero-order valence-corrected chi connectivity index (χ0v) is 10.1. The molecular weight excluding hydrogens is 204 g/mol. The second kappa shape index (κ2) is 7.42. The number of carbonyl (C=O) groups is 2. The SMILES string of the molecule is CCCCOC(=O)C1CCC(CC=O)CC1. The maximum absolute atomic E-state index is 11.6. The molecule has 0 saturated heterocycles. The van der Waals surface area contributed by atoms with Gasteiger partial charge in [-0.1, -0.05) is 13.3 Å². The van der Waals surface area contributed by atoms with Crippen LogP contribution in [0.15, 0.2) is 0 Å². The highest BCUT2D eigenvalue weighted by atomic mass is 16.5. The zero-order valence-electron chi connectivity index (χ0n) is 10.1. The van der Waals surface area contributed by atoms with Crippen LogP contribution in [-0.4, -0.2) is 18.9 Å². The van der Waals surface area contributed by atoms with Crippen molar-refractivity contribution in [1.82, 2.24) is 0 Å². The van der Waals surface area contributed by atoms with Gasteiger partial charge in [-0.15, -0.1) is 0 Å². The summed E-state index contributed by atoms with van der Waals surface area (Å²) >= 11 is 0. The van der Waals surface area contributed by atoms with E-state index < -0.39 is 0 Å². The maximum Gasteiger partial charge on any atom is 0.308 e. The van der Waals surface area contributed by atoms with Gasteiger partial charge in [-0.05, 0) is 38.0 Å². The third-order valence-corrected chi connectivity index (χ3v) is 3.35. The Balaban J connectivity index is 2.19. The quantitative estimate of drug-likeness (QED) is 0.397. The molecule has 0 heterocycles. The van der Waals surface area contributed by atoms with Crippen LogP contribution in [0.4, 0.5) is 0 Å². The largest absolute Gasteiger partial charge is 0.465 e. The van der Waals surface area contributed by atoms with Crippen LogP contribution in [0, 0.1) is 11.8 Å². The molecule has 0 atom stereocenters. The first-order valence-corrected chi connectivity index (χ1v) is 6.38. The molecule has 0 radical (unpaired) electrons. The lowest BCUT2D eigenvalue weighted by atomic mass is 9.81. The third-order valence-electron chi connectivity index (χ3n) is 3.35. The van der Waals surface area contributed by atoms with Crippen molar-refractivity contribution in [2.45, 2.75) is 51.9 Å². The monoisotopic (exact) mass is 226 g/mol. The Morgan fingerprint density at radius 1 is 1.31 bits per heavy atom. The number of rotatable bonds is 6. The summed E-state index contributed by atoms with van der Waals surface area (Å²) in [7, 11) is 0. The molecule has 0 amide bonds. The molecule has 3 heteroatoms. The number of hydrogen-bond acceptors (Lipinski definition) is 3. The Morgan fingerprint density at radius 2 is 2.00 bits per heavy atom. The summed E-state index contributed by atoms with van der Waals surface area (Å²) in [6.07, 6.45) is 7.42. The average molecular weight is 226 g/mol. The molecule has 0 aromatic heterocycles. The lowest BCUT2D eigenvalue weighted by Gasteiger charge is -2.25. The fourth-order valence-corrected chi connectivity index (χ4v) is 2.20. The second-order valence-corrected chi connectivity index (χ2v) is 4.64. The maximum atomic E-state index is 11.6. The van der Waals surface area contributed by atoms with Crippen molar-refractivity contribution in [2.24, 2.45) is 11.8 Å². The molecule has 0 bridgehead atoms. The first-order chi connectivity index (χ1) is 7.77. The summed E-state index contributed by atoms with van der Waals surface area (Å²) in [4.78, 5) is 22.0. The fourth-order valence-electron chi connectivity index (χ4n) is 2.20. The van der Waals surface area contributed by atoms with Crippen LogP contribution in [-0.2, 0) is 14.3 Å². The van der Waals surface area contributed by atoms with Gasteiger partial charge in [0, 0.05) is 6.42 Å². The summed E-state index contributed by atoms with van der Waals surface area (Å²) < 4.78 is 5.21. The topological polar surface area (TPSA) is 43.4 Å². The van der Waals surface area contributed by atoms with Gasteiger partial charge in [0.1, 0.15) is 6.29 Å². The summed E-state index contributed by atoms with van der Waals surface area (Å²) in [6, 6.07) is 0. The third kappa shape index (κ3) is 4.33. The highest BCUT2D eigenvalue weighted by molar-refractivity contribution is 5.72. The van der Waals surface area contributed by atoms with E-state index in [0.29, 0.717) is 18.9 Å². The minimum absolute atomic E-state index is 0.0296. The lowest BCUT2D eigenvalue weighted by Crippen LogP contribution is -2.24. The average Bonchev–Trinajstić information content (AvgIpc) is 2.30. The predicted octanol–water partition coefficient (Wildman–Crippen LogP) is 2.73. The number of unbranched alkanes of at least 4 members (excludes halogenated alkanes) is 1. The Labute approximate surface area is 97.5 Å². The first kappa shape index (κ1) is 13.2. The van der Waals surface area contributed by atoms with E-state index in [1.807, 2.05) is 0 Å². The van der Waals surface area contributed by atoms with Crippen molar-refractivity contribution in [3.8, 4) is 0 Å². The number of esters is 1. The van der Waals surface area contributed by atoms with Gasteiger partial charge in [0.2, 0.25) is 0 Å². The second-order valence-electron chi connectivity index (χ2n) is 4.64. The van der Waals surface area contributed by atoms with Crippen molar-refractivity contribution in [3.63, 3.8) is 0 Å². The highest BCUT2D eigenvalue weighted by Crippen LogP contribution is 2.30. The molecule has 16 heavy (non-hydrogen) atoms. The van der Waals surface area contributed by atoms with E-state index in [9.17, 15) is 9.59 Å². The molecule has 0 N–H and O–H groups in total. The first-order valence-electron chi connectivity index (χ1n) is 6.38. The van der Waals surface area contributed by atoms with E-state index in [4.69, 9.17) is 4.74 Å². The minimum atomic E-state index is -0.0296. The van der Waals surface area contributed by atoms with E-state index in [0.717, 1.165) is 44.8 Å². The fraction of sp³-hybridized carbons (Fsp3) is 0.846. The molecular formula is C13H22O3. The van der Waals surface area contributed by atoms with E-state index in [1.54, 1.807) is 0 Å². The van der Waals surface area contributed by atoms with E-state index >= 15 is 0 Å². The van der Waals surface area contributed by atoms with Gasteiger partial charge >= 0.3 is 5.97 Å². The zero-order chi connectivity index (χ0) is 11.8. The van der Waals surface area contributed by atoms with Gasteiger partial charge in [0.25, 0.3) is 0 Å². The molecule has 1 saturated carbocycles. The van der Waals surface area contributed by atoms with Crippen molar-refractivity contribution in [2.75, 3.05) is 6.61 Å². The molecule has 1 aliphatic carbocycles. The summed E-state index contributed by atoms with van der Waals surface area (Å²) in [6.45, 7) is 2.64. The van der Waals surface area contributed by atoms with Gasteiger partial charge in [-0.25, -0.2) is 0 Å². The molecule has 0 aliphatic heterocycles. The standard InChI is InChI=1S/C13H22O3/c1-2-3-10-16-13(15)12-6-4-11(5-7-12)8-9-14/h9,11-12H,2-8,10H2,1H3. The lowest BCUT2D eigenvalue weighted by molar-refractivity contribution is -0.150. The Morgan fingerprint density at radius 3 is 2.56 bits per heavy atom. The summed E-state index contributed by atoms with van der Waals surface area (Å²) in [5.74, 6) is 0.551. The van der Waals surface area contributed by atoms with E-state index in [2.05, 4.69) is 6.92 Å². The number of aldehydes is 1. The molecule has 3 nitrogen and oxygen atoms in total. The van der Waals surface area contributed by atoms with Crippen LogP contribution in [0.25, 0.3) is 0 Å². The minimum Gasteiger partial charge on any atom is -0.465 e. The van der Waals surface area contributed by atoms with Crippen LogP contribution in [0.5, 0.6) is 0 Å². The molecule has 0 aromatic carbocycles. The van der Waals surface area contributed by atoms with Crippen LogP contribution >= 0.6 is 0 Å². The van der Waals surface area contributed by atoms with Gasteiger partial charge in [0.15, 0.2) is 0 Å². The van der Waals surface area contributed by atoms with Crippen LogP contribution in [0.2, 0.25) is 0 Å². The van der Waals surface area contributed by atoms with Crippen LogP contribution < -0.4 is 0 Å². The van der Waals surface area contributed by atoms with Crippen molar-refractivity contribution in [1.29, 1.82) is 0 Å². The van der Waals surface area contributed by atoms with Crippen LogP contribution in [0.3, 0.4) is 0 Å². The van der Waals surface area contributed by atoms with E-state index in [1.165, 1.54) is 0 Å². The van der Waals surface area contributed by atoms with Gasteiger partial charge < -0.3 is 9.53 Å². The molecule has 0 aromatic rings. The van der Waals surface area contributed by atoms with E-state index in [-0.39, 0.29) is 11.9 Å². The van der Waals surface area contributed by atoms with Crippen molar-refractivity contribution >= 4 is 12.3 Å². The molecule has 1 aliphatic rings. The van der Waals surface area contributed by atoms with Gasteiger partial charge in [-0.3, -0.25) is 4.79 Å². The molecule has 1 fully saturated rings. The van der Waals surface area contributed by atoms with Gasteiger partial charge in [-0.2, -0.15) is 0 Å². The number of ether oxygens (including phenoxy) is 1. The molecule has 1 rings (SSSR count). The Hall–Kier alpha value is -0.860. The Bertz CT molecular complexity index is 217. The normalized spacial score (nSPS) is 25.1. The van der Waals surface area contributed by atoms with Crippen molar-refractivity contribution < 1.29 is 14.3 Å². The van der Waals surface area contributed by atoms with Crippen LogP contribution in [0.1, 0.15) is 51.9 Å². The molecule has 0 unspecified atom stereocenters. The Kier molecular flexibility index (Phi) is 6.12. The molecule has 92 valence electrons.